The Labute approximate surface area is 197 Å². The lowest BCUT2D eigenvalue weighted by atomic mass is 10.0. The molecule has 0 bridgehead atoms. The van der Waals surface area contributed by atoms with Gasteiger partial charge in [-0.2, -0.15) is 0 Å². The summed E-state index contributed by atoms with van der Waals surface area (Å²) < 4.78 is 13.6. The van der Waals surface area contributed by atoms with E-state index in [1.165, 1.54) is 30.0 Å². The molecule has 0 saturated carbocycles. The number of rotatable bonds is 3. The number of nitrogens with zero attached hydrogens (tertiary/aromatic N) is 2. The molecule has 0 N–H and O–H groups in total. The molecule has 3 aromatic carbocycles. The van der Waals surface area contributed by atoms with Gasteiger partial charge in [0, 0.05) is 22.4 Å². The first-order chi connectivity index (χ1) is 15.7. The Balaban J connectivity index is 1.64. The van der Waals surface area contributed by atoms with Crippen molar-refractivity contribution >= 4 is 29.3 Å². The second-order valence-electron chi connectivity index (χ2n) is 9.24. The van der Waals surface area contributed by atoms with Gasteiger partial charge in [0.1, 0.15) is 5.82 Å². The molecule has 168 valence electrons. The van der Waals surface area contributed by atoms with Gasteiger partial charge in [-0.05, 0) is 56.2 Å². The molecule has 0 aromatic heterocycles. The van der Waals surface area contributed by atoms with E-state index < -0.39 is 10.7 Å². The average Bonchev–Trinajstić information content (AvgIpc) is 3.21. The summed E-state index contributed by atoms with van der Waals surface area (Å²) in [4.78, 5) is 30.2. The Hall–Kier alpha value is -3.12. The molecule has 2 aliphatic rings. The highest BCUT2D eigenvalue weighted by molar-refractivity contribution is 8.02. The van der Waals surface area contributed by atoms with Crippen LogP contribution in [-0.2, 0) is 16.2 Å². The van der Waals surface area contributed by atoms with E-state index in [1.54, 1.807) is 15.9 Å². The van der Waals surface area contributed by atoms with Crippen LogP contribution in [0.3, 0.4) is 0 Å². The minimum Gasteiger partial charge on any atom is -0.310 e. The van der Waals surface area contributed by atoms with Crippen molar-refractivity contribution < 1.29 is 14.0 Å². The summed E-state index contributed by atoms with van der Waals surface area (Å²) in [5, 5.41) is 0. The van der Waals surface area contributed by atoms with Gasteiger partial charge in [0.25, 0.3) is 11.8 Å². The van der Waals surface area contributed by atoms with Crippen molar-refractivity contribution in [2.75, 3.05) is 11.4 Å². The first kappa shape index (κ1) is 21.7. The third kappa shape index (κ3) is 3.44. The first-order valence-corrected chi connectivity index (χ1v) is 11.8. The van der Waals surface area contributed by atoms with Gasteiger partial charge in [0.2, 0.25) is 0 Å². The SMILES string of the molecule is Cc1ccccc1CN1C(=O)C2(SC(C)(C)CN2C(=O)c2cccc(F)c2)c2ccccc21. The number of hydrogen-bond donors (Lipinski definition) is 0. The quantitative estimate of drug-likeness (QED) is 0.518. The minimum atomic E-state index is -1.19. The maximum Gasteiger partial charge on any atom is 0.268 e. The normalized spacial score (nSPS) is 21.0. The Morgan fingerprint density at radius 3 is 2.52 bits per heavy atom. The van der Waals surface area contributed by atoms with Gasteiger partial charge in [0.05, 0.1) is 12.2 Å². The monoisotopic (exact) mass is 460 g/mol. The van der Waals surface area contributed by atoms with Crippen LogP contribution in [0.15, 0.2) is 72.8 Å². The Kier molecular flexibility index (Phi) is 5.09. The summed E-state index contributed by atoms with van der Waals surface area (Å²) in [6.45, 7) is 6.92. The molecule has 6 heteroatoms. The third-order valence-corrected chi connectivity index (χ3v) is 7.94. The summed E-state index contributed by atoms with van der Waals surface area (Å²) in [7, 11) is 0. The van der Waals surface area contributed by atoms with E-state index in [-0.39, 0.29) is 22.1 Å². The standard InChI is InChI=1S/C27H25FN2O2S/c1-18-9-4-5-10-20(18)16-29-23-14-7-6-13-22(23)27(25(29)32)30(17-26(2,3)33-27)24(31)19-11-8-12-21(28)15-19/h4-15H,16-17H2,1-3H3. The molecule has 3 aromatic rings. The lowest BCUT2D eigenvalue weighted by molar-refractivity contribution is -0.123. The zero-order chi connectivity index (χ0) is 23.4. The number of amides is 2. The van der Waals surface area contributed by atoms with Crippen molar-refractivity contribution in [1.82, 2.24) is 4.90 Å². The number of carbonyl (C=O) groups excluding carboxylic acids is 2. The molecule has 2 heterocycles. The molecule has 5 rings (SSSR count). The number of benzene rings is 3. The molecule has 4 nitrogen and oxygen atoms in total. The van der Waals surface area contributed by atoms with Crippen LogP contribution in [0.25, 0.3) is 0 Å². The maximum absolute atomic E-state index is 14.2. The number of carbonyl (C=O) groups is 2. The number of para-hydroxylation sites is 1. The van der Waals surface area contributed by atoms with Gasteiger partial charge >= 0.3 is 0 Å². The molecule has 2 aliphatic heterocycles. The highest BCUT2D eigenvalue weighted by Gasteiger charge is 2.63. The number of anilines is 1. The van der Waals surface area contributed by atoms with E-state index in [4.69, 9.17) is 0 Å². The van der Waals surface area contributed by atoms with Crippen LogP contribution in [0.1, 0.15) is 40.9 Å². The minimum absolute atomic E-state index is 0.132. The zero-order valence-electron chi connectivity index (χ0n) is 18.8. The molecule has 0 radical (unpaired) electrons. The fourth-order valence-electron chi connectivity index (χ4n) is 4.85. The molecular formula is C27H25FN2O2S. The maximum atomic E-state index is 14.2. The number of fused-ring (bicyclic) bond motifs is 2. The molecule has 0 aliphatic carbocycles. The Morgan fingerprint density at radius 1 is 1.03 bits per heavy atom. The fraction of sp³-hybridized carbons (Fsp3) is 0.259. The molecule has 1 unspecified atom stereocenters. The molecule has 1 fully saturated rings. The van der Waals surface area contributed by atoms with Crippen LogP contribution in [0, 0.1) is 12.7 Å². The van der Waals surface area contributed by atoms with Crippen molar-refractivity contribution in [3.8, 4) is 0 Å². The molecule has 1 atom stereocenters. The first-order valence-electron chi connectivity index (χ1n) is 11.0. The van der Waals surface area contributed by atoms with Crippen molar-refractivity contribution in [2.45, 2.75) is 36.9 Å². The average molecular weight is 461 g/mol. The fourth-order valence-corrected chi connectivity index (χ4v) is 6.58. The largest absolute Gasteiger partial charge is 0.310 e. The number of halogens is 1. The third-order valence-electron chi connectivity index (χ3n) is 6.34. The van der Waals surface area contributed by atoms with E-state index in [9.17, 15) is 14.0 Å². The van der Waals surface area contributed by atoms with E-state index >= 15 is 0 Å². The summed E-state index contributed by atoms with van der Waals surface area (Å²) in [6.07, 6.45) is 0. The van der Waals surface area contributed by atoms with Gasteiger partial charge in [0.15, 0.2) is 4.87 Å². The molecular weight excluding hydrogens is 435 g/mol. The smallest absolute Gasteiger partial charge is 0.268 e. The van der Waals surface area contributed by atoms with Crippen molar-refractivity contribution in [3.63, 3.8) is 0 Å². The summed E-state index contributed by atoms with van der Waals surface area (Å²) in [6, 6.07) is 21.4. The zero-order valence-corrected chi connectivity index (χ0v) is 19.7. The predicted molar refractivity (Wildman–Crippen MR) is 130 cm³/mol. The van der Waals surface area contributed by atoms with Gasteiger partial charge < -0.3 is 9.80 Å². The van der Waals surface area contributed by atoms with E-state index in [0.717, 1.165) is 22.4 Å². The van der Waals surface area contributed by atoms with Crippen LogP contribution < -0.4 is 4.90 Å². The van der Waals surface area contributed by atoms with E-state index in [0.29, 0.717) is 13.1 Å². The topological polar surface area (TPSA) is 40.6 Å². The van der Waals surface area contributed by atoms with Crippen LogP contribution in [0.2, 0.25) is 0 Å². The van der Waals surface area contributed by atoms with Crippen molar-refractivity contribution in [1.29, 1.82) is 0 Å². The van der Waals surface area contributed by atoms with Crippen LogP contribution in [0.5, 0.6) is 0 Å². The lowest BCUT2D eigenvalue weighted by Gasteiger charge is -2.33. The van der Waals surface area contributed by atoms with Crippen molar-refractivity contribution in [3.05, 3.63) is 101 Å². The van der Waals surface area contributed by atoms with Gasteiger partial charge in [-0.3, -0.25) is 9.59 Å². The molecule has 33 heavy (non-hydrogen) atoms. The lowest BCUT2D eigenvalue weighted by Crippen LogP contribution is -2.50. The molecule has 2 amide bonds. The summed E-state index contributed by atoms with van der Waals surface area (Å²) in [5.41, 5.74) is 4.03. The van der Waals surface area contributed by atoms with Gasteiger partial charge in [-0.1, -0.05) is 48.5 Å². The van der Waals surface area contributed by atoms with Crippen molar-refractivity contribution in [2.24, 2.45) is 0 Å². The highest BCUT2D eigenvalue weighted by atomic mass is 32.2. The highest BCUT2D eigenvalue weighted by Crippen LogP contribution is 2.60. The summed E-state index contributed by atoms with van der Waals surface area (Å²) in [5.74, 6) is -0.943. The number of aryl methyl sites for hydroxylation is 1. The van der Waals surface area contributed by atoms with Crippen LogP contribution in [-0.4, -0.2) is 28.0 Å². The van der Waals surface area contributed by atoms with E-state index in [2.05, 4.69) is 0 Å². The second kappa shape index (κ2) is 7.73. The summed E-state index contributed by atoms with van der Waals surface area (Å²) >= 11 is 1.50. The molecule has 1 spiro atoms. The van der Waals surface area contributed by atoms with Crippen LogP contribution in [0.4, 0.5) is 10.1 Å². The Morgan fingerprint density at radius 2 is 1.76 bits per heavy atom. The Bertz CT molecular complexity index is 1270. The van der Waals surface area contributed by atoms with Crippen LogP contribution >= 0.6 is 11.8 Å². The van der Waals surface area contributed by atoms with Gasteiger partial charge in [-0.25, -0.2) is 4.39 Å². The number of hydrogen-bond acceptors (Lipinski definition) is 3. The van der Waals surface area contributed by atoms with Gasteiger partial charge in [-0.15, -0.1) is 11.8 Å². The predicted octanol–water partition coefficient (Wildman–Crippen LogP) is 5.50. The number of thioether (sulfide) groups is 1. The van der Waals surface area contributed by atoms with E-state index in [1.807, 2.05) is 69.3 Å². The molecule has 1 saturated heterocycles. The second-order valence-corrected chi connectivity index (χ2v) is 11.1.